The van der Waals surface area contributed by atoms with Crippen molar-refractivity contribution in [2.75, 3.05) is 6.61 Å². The molecule has 142 valence electrons. The lowest BCUT2D eigenvalue weighted by Gasteiger charge is -2.42. The van der Waals surface area contributed by atoms with Crippen LogP contribution in [-0.2, 0) is 37.5 Å². The number of carbonyl (C=O) groups excluding carboxylic acids is 2. The molecular formula is C10H17N4O10P. The summed E-state index contributed by atoms with van der Waals surface area (Å²) in [6.45, 7) is 1.32. The van der Waals surface area contributed by atoms with Gasteiger partial charge >= 0.3 is 19.8 Å². The van der Waals surface area contributed by atoms with Crippen molar-refractivity contribution in [2.45, 2.75) is 44.5 Å². The Morgan fingerprint density at radius 3 is 2.32 bits per heavy atom. The van der Waals surface area contributed by atoms with Crippen LogP contribution in [0.2, 0.25) is 0 Å². The molecule has 1 aliphatic rings. The lowest BCUT2D eigenvalue weighted by Crippen LogP contribution is -2.60. The van der Waals surface area contributed by atoms with Gasteiger partial charge in [0.2, 0.25) is 0 Å². The molecule has 6 atom stereocenters. The van der Waals surface area contributed by atoms with E-state index in [9.17, 15) is 24.2 Å². The van der Waals surface area contributed by atoms with Crippen LogP contribution >= 0.6 is 7.82 Å². The summed E-state index contributed by atoms with van der Waals surface area (Å²) in [7, 11) is -4.81. The minimum absolute atomic E-state index is 0.752. The van der Waals surface area contributed by atoms with Gasteiger partial charge in [0.15, 0.2) is 18.5 Å². The summed E-state index contributed by atoms with van der Waals surface area (Å²) in [5.74, 6) is 2.97. The first-order valence-corrected chi connectivity index (χ1v) is 8.19. The van der Waals surface area contributed by atoms with Crippen molar-refractivity contribution in [1.29, 1.82) is 0 Å². The fourth-order valence-corrected chi connectivity index (χ4v) is 2.61. The van der Waals surface area contributed by atoms with E-state index in [4.69, 9.17) is 19.7 Å². The summed E-state index contributed by atoms with van der Waals surface area (Å²) < 4.78 is 35.0. The predicted molar refractivity (Wildman–Crippen MR) is 76.0 cm³/mol. The van der Waals surface area contributed by atoms with Gasteiger partial charge in [0.25, 0.3) is 0 Å². The van der Waals surface area contributed by atoms with Crippen molar-refractivity contribution in [2.24, 2.45) is 11.0 Å². The maximum Gasteiger partial charge on any atom is 0.490 e. The highest BCUT2D eigenvalue weighted by Crippen LogP contribution is 2.45. The van der Waals surface area contributed by atoms with Gasteiger partial charge < -0.3 is 24.2 Å². The van der Waals surface area contributed by atoms with Crippen LogP contribution in [0, 0.1) is 0 Å². The summed E-state index contributed by atoms with van der Waals surface area (Å²) in [5.41, 5.74) is 8.70. The first-order valence-electron chi connectivity index (χ1n) is 6.69. The van der Waals surface area contributed by atoms with Crippen LogP contribution in [0.15, 0.2) is 5.11 Å². The molecular weight excluding hydrogens is 367 g/mol. The monoisotopic (exact) mass is 384 g/mol. The zero-order chi connectivity index (χ0) is 19.2. The normalized spacial score (nSPS) is 31.3. The summed E-state index contributed by atoms with van der Waals surface area (Å²) in [4.78, 5) is 34.4. The fourth-order valence-electron chi connectivity index (χ4n) is 2.12. The molecule has 0 saturated carbocycles. The third-order valence-electron chi connectivity index (χ3n) is 2.95. The van der Waals surface area contributed by atoms with Crippen LogP contribution in [-0.4, -0.2) is 59.2 Å². The average molecular weight is 384 g/mol. The topological polar surface area (TPSA) is 213 Å². The number of nitrogens with two attached hydrogens (primary N) is 1. The van der Waals surface area contributed by atoms with Gasteiger partial charge in [-0.2, -0.15) is 0 Å². The largest absolute Gasteiger partial charge is 0.490 e. The van der Waals surface area contributed by atoms with Gasteiger partial charge in [0.05, 0.1) is 6.61 Å². The van der Waals surface area contributed by atoms with E-state index < -0.39 is 57.0 Å². The van der Waals surface area contributed by atoms with Gasteiger partial charge in [-0.25, -0.2) is 15.1 Å². The molecule has 0 radical (unpaired) electrons. The van der Waals surface area contributed by atoms with Crippen molar-refractivity contribution in [1.82, 2.24) is 0 Å². The Morgan fingerprint density at radius 1 is 1.32 bits per heavy atom. The lowest BCUT2D eigenvalue weighted by atomic mass is 9.97. The second-order valence-corrected chi connectivity index (χ2v) is 6.11. The van der Waals surface area contributed by atoms with E-state index in [0.29, 0.717) is 0 Å². The van der Waals surface area contributed by atoms with Gasteiger partial charge in [0.1, 0.15) is 12.1 Å². The summed E-state index contributed by atoms with van der Waals surface area (Å²) in [6, 6.07) is -1.56. The summed E-state index contributed by atoms with van der Waals surface area (Å²) >= 11 is 0. The third-order valence-corrected chi connectivity index (χ3v) is 3.69. The molecule has 0 aromatic heterocycles. The highest BCUT2D eigenvalue weighted by molar-refractivity contribution is 7.47. The van der Waals surface area contributed by atoms with E-state index in [1.165, 1.54) is 0 Å². The molecule has 4 N–H and O–H groups in total. The van der Waals surface area contributed by atoms with Gasteiger partial charge in [-0.05, 0) is 5.53 Å². The fraction of sp³-hybridized carbons (Fsp3) is 0.800. The van der Waals surface area contributed by atoms with E-state index >= 15 is 0 Å². The zero-order valence-electron chi connectivity index (χ0n) is 13.1. The molecule has 0 amide bonds. The van der Waals surface area contributed by atoms with Crippen LogP contribution in [0.1, 0.15) is 13.8 Å². The number of azide groups is 1. The quantitative estimate of drug-likeness (QED) is 0.124. The van der Waals surface area contributed by atoms with Crippen LogP contribution < -0.4 is 5.90 Å². The number of aliphatic hydroxyl groups excluding tert-OH is 1. The van der Waals surface area contributed by atoms with Crippen molar-refractivity contribution in [3.8, 4) is 0 Å². The lowest BCUT2D eigenvalue weighted by molar-refractivity contribution is -0.254. The van der Waals surface area contributed by atoms with E-state index in [1.807, 2.05) is 0 Å². The standard InChI is InChI=1S/C10H17N4O10P/c1-4(16)20-8-6(3-15)22-10(23-25(18,19)24-12)7(13-14-11)9(8)21-5(2)17/h6-10,15H,3,12H2,1-2H3,(H,18,19)/t6-,7+,8-,9-,10-/m1/s1. The minimum Gasteiger partial charge on any atom is -0.458 e. The van der Waals surface area contributed by atoms with E-state index in [0.717, 1.165) is 13.8 Å². The van der Waals surface area contributed by atoms with Gasteiger partial charge in [-0.3, -0.25) is 14.1 Å². The van der Waals surface area contributed by atoms with Crippen LogP contribution in [0.25, 0.3) is 10.4 Å². The first kappa shape index (κ1) is 21.3. The predicted octanol–water partition coefficient (Wildman–Crippen LogP) is -0.747. The molecule has 1 rings (SSSR count). The number of hydrogen-bond acceptors (Lipinski definition) is 11. The number of hydrogen-bond donors (Lipinski definition) is 3. The number of ether oxygens (including phenoxy) is 3. The van der Waals surface area contributed by atoms with E-state index in [-0.39, 0.29) is 0 Å². The first-order chi connectivity index (χ1) is 11.6. The van der Waals surface area contributed by atoms with Crippen LogP contribution in [0.4, 0.5) is 0 Å². The van der Waals surface area contributed by atoms with Gasteiger partial charge in [0, 0.05) is 18.8 Å². The Morgan fingerprint density at radius 2 is 1.88 bits per heavy atom. The smallest absolute Gasteiger partial charge is 0.458 e. The number of phosphoric ester groups is 1. The Kier molecular flexibility index (Phi) is 7.73. The Balaban J connectivity index is 3.28. The molecule has 1 heterocycles. The third kappa shape index (κ3) is 5.92. The van der Waals surface area contributed by atoms with Crippen LogP contribution in [0.3, 0.4) is 0 Å². The van der Waals surface area contributed by atoms with E-state index in [1.54, 1.807) is 0 Å². The molecule has 0 aliphatic carbocycles. The van der Waals surface area contributed by atoms with Crippen molar-refractivity contribution < 1.29 is 47.5 Å². The highest BCUT2D eigenvalue weighted by Gasteiger charge is 2.51. The minimum atomic E-state index is -4.81. The second kappa shape index (κ2) is 9.08. The van der Waals surface area contributed by atoms with Crippen molar-refractivity contribution in [3.05, 3.63) is 10.4 Å². The number of esters is 2. The molecule has 1 saturated heterocycles. The Bertz CT molecular complexity index is 596. The molecule has 14 nitrogen and oxygen atoms in total. The molecule has 0 spiro atoms. The number of carbonyl (C=O) groups is 2. The molecule has 1 aliphatic heterocycles. The highest BCUT2D eigenvalue weighted by atomic mass is 31.2. The Hall–Kier alpha value is -1.76. The maximum atomic E-state index is 11.5. The summed E-state index contributed by atoms with van der Waals surface area (Å²) in [5, 5.41) is 12.7. The maximum absolute atomic E-state index is 11.5. The second-order valence-electron chi connectivity index (χ2n) is 4.75. The summed E-state index contributed by atoms with van der Waals surface area (Å²) in [6.07, 6.45) is -5.99. The average Bonchev–Trinajstić information content (AvgIpc) is 2.51. The molecule has 25 heavy (non-hydrogen) atoms. The molecule has 15 heteroatoms. The molecule has 0 aromatic rings. The SMILES string of the molecule is CC(=O)O[C@@H]1[C@H](N=[N+]=[N-])[C@@H](OP(=O)(O)ON)O[C@H](CO)[C@H]1OC(C)=O. The van der Waals surface area contributed by atoms with Gasteiger partial charge in [-0.15, -0.1) is 0 Å². The van der Waals surface area contributed by atoms with E-state index in [2.05, 4.69) is 25.1 Å². The van der Waals surface area contributed by atoms with Gasteiger partial charge in [-0.1, -0.05) is 5.11 Å². The number of nitrogens with zero attached hydrogens (tertiary/aromatic N) is 3. The number of rotatable bonds is 7. The van der Waals surface area contributed by atoms with Crippen LogP contribution in [0.5, 0.6) is 0 Å². The number of phosphoric acid groups is 1. The van der Waals surface area contributed by atoms with Crippen molar-refractivity contribution in [3.63, 3.8) is 0 Å². The molecule has 0 aromatic carbocycles. The Labute approximate surface area is 140 Å². The molecule has 0 bridgehead atoms. The zero-order valence-corrected chi connectivity index (χ0v) is 14.0. The number of aliphatic hydroxyl groups is 1. The molecule has 1 fully saturated rings. The van der Waals surface area contributed by atoms with Crippen molar-refractivity contribution >= 4 is 19.8 Å². The molecule has 1 unspecified atom stereocenters.